The van der Waals surface area contributed by atoms with Gasteiger partial charge in [0.25, 0.3) is 0 Å². The van der Waals surface area contributed by atoms with Crippen molar-refractivity contribution >= 4 is 0 Å². The van der Waals surface area contributed by atoms with E-state index in [1.54, 1.807) is 0 Å². The second-order valence-corrected chi connectivity index (χ2v) is 3.58. The predicted molar refractivity (Wildman–Crippen MR) is 47.7 cm³/mol. The molecule has 1 saturated heterocycles. The first-order valence-electron chi connectivity index (χ1n) is 4.50. The summed E-state index contributed by atoms with van der Waals surface area (Å²) in [7, 11) is 0. The van der Waals surface area contributed by atoms with Crippen molar-refractivity contribution < 1.29 is 13.9 Å². The number of benzene rings is 1. The molecule has 14 heavy (non-hydrogen) atoms. The lowest BCUT2D eigenvalue weighted by Crippen LogP contribution is -2.29. The molecule has 1 unspecified atom stereocenters. The van der Waals surface area contributed by atoms with Gasteiger partial charge in [-0.3, -0.25) is 0 Å². The fraction of sp³-hybridized carbons (Fsp3) is 0.400. The van der Waals surface area contributed by atoms with E-state index in [9.17, 15) is 13.9 Å². The second-order valence-electron chi connectivity index (χ2n) is 3.58. The van der Waals surface area contributed by atoms with Crippen LogP contribution in [0.3, 0.4) is 0 Å². The number of aliphatic hydroxyl groups is 1. The van der Waals surface area contributed by atoms with Crippen LogP contribution < -0.4 is 5.32 Å². The van der Waals surface area contributed by atoms with Gasteiger partial charge in [-0.1, -0.05) is 0 Å². The van der Waals surface area contributed by atoms with Crippen LogP contribution in [-0.4, -0.2) is 18.2 Å². The molecule has 1 heterocycles. The maximum atomic E-state index is 13.3. The minimum absolute atomic E-state index is 0.0440. The van der Waals surface area contributed by atoms with E-state index >= 15 is 0 Å². The number of hydrogen-bond donors (Lipinski definition) is 2. The monoisotopic (exact) mass is 199 g/mol. The average molecular weight is 199 g/mol. The van der Waals surface area contributed by atoms with Gasteiger partial charge in [-0.05, 0) is 31.2 Å². The lowest BCUT2D eigenvalue weighted by atomic mass is 9.92. The molecule has 0 radical (unpaired) electrons. The maximum absolute atomic E-state index is 13.3. The average Bonchev–Trinajstić information content (AvgIpc) is 2.58. The minimum Gasteiger partial charge on any atom is -0.384 e. The number of nitrogens with one attached hydrogen (secondary N) is 1. The van der Waals surface area contributed by atoms with Crippen molar-refractivity contribution in [2.45, 2.75) is 12.0 Å². The molecular formula is C10H11F2NO. The van der Waals surface area contributed by atoms with Gasteiger partial charge in [-0.15, -0.1) is 0 Å². The maximum Gasteiger partial charge on any atom is 0.129 e. The number of rotatable bonds is 1. The fourth-order valence-corrected chi connectivity index (χ4v) is 1.76. The zero-order chi connectivity index (χ0) is 10.2. The van der Waals surface area contributed by atoms with Crippen LogP contribution in [0.1, 0.15) is 12.0 Å². The van der Waals surface area contributed by atoms with E-state index in [0.29, 0.717) is 13.0 Å². The van der Waals surface area contributed by atoms with Crippen molar-refractivity contribution in [2.75, 3.05) is 13.1 Å². The molecule has 1 aliphatic heterocycles. The van der Waals surface area contributed by atoms with Gasteiger partial charge in [0.2, 0.25) is 0 Å². The number of halogens is 2. The normalized spacial score (nSPS) is 26.8. The Kier molecular flexibility index (Phi) is 2.25. The lowest BCUT2D eigenvalue weighted by Gasteiger charge is -2.22. The molecule has 0 spiro atoms. The van der Waals surface area contributed by atoms with E-state index in [1.807, 2.05) is 0 Å². The SMILES string of the molecule is OC1(c2cc(F)ccc2F)CCNC1. The van der Waals surface area contributed by atoms with Crippen molar-refractivity contribution in [1.29, 1.82) is 0 Å². The van der Waals surface area contributed by atoms with Crippen LogP contribution in [0.25, 0.3) is 0 Å². The molecular weight excluding hydrogens is 188 g/mol. The molecule has 1 atom stereocenters. The Morgan fingerprint density at radius 1 is 1.36 bits per heavy atom. The fourth-order valence-electron chi connectivity index (χ4n) is 1.76. The smallest absolute Gasteiger partial charge is 0.129 e. The molecule has 4 heteroatoms. The summed E-state index contributed by atoms with van der Waals surface area (Å²) in [5.41, 5.74) is -1.21. The van der Waals surface area contributed by atoms with Crippen molar-refractivity contribution in [2.24, 2.45) is 0 Å². The first kappa shape index (κ1) is 9.55. The molecule has 0 amide bonds. The van der Waals surface area contributed by atoms with Crippen LogP contribution in [0.5, 0.6) is 0 Å². The van der Waals surface area contributed by atoms with Crippen LogP contribution in [-0.2, 0) is 5.60 Å². The summed E-state index contributed by atoms with van der Waals surface area (Å²) in [4.78, 5) is 0. The van der Waals surface area contributed by atoms with E-state index in [2.05, 4.69) is 5.32 Å². The minimum atomic E-state index is -1.26. The van der Waals surface area contributed by atoms with Crippen LogP contribution in [0.4, 0.5) is 8.78 Å². The van der Waals surface area contributed by atoms with Gasteiger partial charge < -0.3 is 10.4 Å². The third-order valence-electron chi connectivity index (χ3n) is 2.56. The van der Waals surface area contributed by atoms with E-state index in [-0.39, 0.29) is 12.1 Å². The topological polar surface area (TPSA) is 32.3 Å². The first-order chi connectivity index (χ1) is 6.62. The van der Waals surface area contributed by atoms with E-state index in [0.717, 1.165) is 18.2 Å². The van der Waals surface area contributed by atoms with Crippen molar-refractivity contribution in [1.82, 2.24) is 5.32 Å². The highest BCUT2D eigenvalue weighted by Gasteiger charge is 2.35. The van der Waals surface area contributed by atoms with Crippen LogP contribution in [0.2, 0.25) is 0 Å². The number of hydrogen-bond acceptors (Lipinski definition) is 2. The Balaban J connectivity index is 2.44. The predicted octanol–water partition coefficient (Wildman–Crippen LogP) is 1.15. The van der Waals surface area contributed by atoms with Crippen molar-refractivity contribution in [3.05, 3.63) is 35.4 Å². The zero-order valence-corrected chi connectivity index (χ0v) is 7.56. The van der Waals surface area contributed by atoms with Gasteiger partial charge in [-0.2, -0.15) is 0 Å². The Labute approximate surface area is 80.6 Å². The molecule has 76 valence electrons. The van der Waals surface area contributed by atoms with E-state index < -0.39 is 17.2 Å². The molecule has 1 aromatic carbocycles. The van der Waals surface area contributed by atoms with Gasteiger partial charge in [0.15, 0.2) is 0 Å². The highest BCUT2D eigenvalue weighted by atomic mass is 19.1. The molecule has 2 N–H and O–H groups in total. The largest absolute Gasteiger partial charge is 0.384 e. The van der Waals surface area contributed by atoms with Crippen LogP contribution >= 0.6 is 0 Å². The highest BCUT2D eigenvalue weighted by Crippen LogP contribution is 2.29. The standard InChI is InChI=1S/C10H11F2NO/c11-7-1-2-9(12)8(5-7)10(14)3-4-13-6-10/h1-2,5,13-14H,3-4,6H2. The third kappa shape index (κ3) is 1.51. The van der Waals surface area contributed by atoms with E-state index in [4.69, 9.17) is 0 Å². The van der Waals surface area contributed by atoms with Gasteiger partial charge in [0.05, 0.1) is 0 Å². The quantitative estimate of drug-likeness (QED) is 0.711. The molecule has 2 rings (SSSR count). The number of β-amino-alcohol motifs (C(OH)–C–C–N with tert-alkyl or cyclic N) is 1. The summed E-state index contributed by atoms with van der Waals surface area (Å²) in [6.07, 6.45) is 0.410. The third-order valence-corrected chi connectivity index (χ3v) is 2.56. The first-order valence-corrected chi connectivity index (χ1v) is 4.50. The highest BCUT2D eigenvalue weighted by molar-refractivity contribution is 5.26. The molecule has 1 aromatic rings. The summed E-state index contributed by atoms with van der Waals surface area (Å²) in [5, 5.41) is 12.9. The molecule has 0 bridgehead atoms. The van der Waals surface area contributed by atoms with Gasteiger partial charge in [0.1, 0.15) is 17.2 Å². The molecule has 0 saturated carbocycles. The van der Waals surface area contributed by atoms with Gasteiger partial charge in [-0.25, -0.2) is 8.78 Å². The van der Waals surface area contributed by atoms with Crippen LogP contribution in [0.15, 0.2) is 18.2 Å². The van der Waals surface area contributed by atoms with Gasteiger partial charge in [0, 0.05) is 12.1 Å². The molecule has 2 nitrogen and oxygen atoms in total. The summed E-state index contributed by atoms with van der Waals surface area (Å²) in [6.45, 7) is 0.889. The van der Waals surface area contributed by atoms with E-state index in [1.165, 1.54) is 0 Å². The summed E-state index contributed by atoms with van der Waals surface area (Å²) < 4.78 is 26.2. The Morgan fingerprint density at radius 2 is 2.14 bits per heavy atom. The zero-order valence-electron chi connectivity index (χ0n) is 7.56. The summed E-state index contributed by atoms with van der Waals surface area (Å²) in [5.74, 6) is -1.08. The molecule has 0 aromatic heterocycles. The second kappa shape index (κ2) is 3.29. The van der Waals surface area contributed by atoms with Crippen LogP contribution in [0, 0.1) is 11.6 Å². The lowest BCUT2D eigenvalue weighted by molar-refractivity contribution is 0.0545. The summed E-state index contributed by atoms with van der Waals surface area (Å²) in [6, 6.07) is 3.15. The Morgan fingerprint density at radius 3 is 2.79 bits per heavy atom. The van der Waals surface area contributed by atoms with Gasteiger partial charge >= 0.3 is 0 Å². The molecule has 1 aliphatic rings. The molecule has 1 fully saturated rings. The molecule has 0 aliphatic carbocycles. The Hall–Kier alpha value is -1.00. The van der Waals surface area contributed by atoms with Crippen molar-refractivity contribution in [3.63, 3.8) is 0 Å². The summed E-state index contributed by atoms with van der Waals surface area (Å²) >= 11 is 0. The Bertz CT molecular complexity index is 348. The van der Waals surface area contributed by atoms with Crippen molar-refractivity contribution in [3.8, 4) is 0 Å².